The number of likely N-dealkylation sites (tertiary alicyclic amines) is 1. The fourth-order valence-electron chi connectivity index (χ4n) is 4.31. The summed E-state index contributed by atoms with van der Waals surface area (Å²) in [6.07, 6.45) is 3.79. The Morgan fingerprint density at radius 1 is 1.24 bits per heavy atom. The predicted octanol–water partition coefficient (Wildman–Crippen LogP) is 4.03. The lowest BCUT2D eigenvalue weighted by atomic mass is 9.91. The van der Waals surface area contributed by atoms with Crippen molar-refractivity contribution in [1.82, 2.24) is 20.5 Å². The third-order valence-electron chi connectivity index (χ3n) is 6.18. The Balaban J connectivity index is 1.11. The number of hydrogen-bond donors (Lipinski definition) is 2. The number of pyridine rings is 1. The van der Waals surface area contributed by atoms with E-state index < -0.39 is 17.6 Å². The zero-order valence-electron chi connectivity index (χ0n) is 18.1. The van der Waals surface area contributed by atoms with Gasteiger partial charge in [-0.3, -0.25) is 19.9 Å². The number of thiophene rings is 1. The highest BCUT2D eigenvalue weighted by Gasteiger charge is 2.47. The third kappa shape index (κ3) is 6.19. The molecule has 2 aliphatic heterocycles. The number of hydrogen-bond acceptors (Lipinski definition) is 6. The number of alkyl halides is 3. The number of carbonyl (C=O) groups is 2. The van der Waals surface area contributed by atoms with Gasteiger partial charge < -0.3 is 10.2 Å². The highest BCUT2D eigenvalue weighted by Crippen LogP contribution is 2.34. The van der Waals surface area contributed by atoms with Crippen LogP contribution in [0.15, 0.2) is 24.5 Å². The van der Waals surface area contributed by atoms with Crippen molar-refractivity contribution in [2.45, 2.75) is 49.7 Å². The molecule has 180 valence electrons. The first-order chi connectivity index (χ1) is 15.8. The van der Waals surface area contributed by atoms with Crippen molar-refractivity contribution in [1.29, 1.82) is 0 Å². The summed E-state index contributed by atoms with van der Waals surface area (Å²) in [6.45, 7) is 1.81. The molecular formula is C22H27F3N4O2S2. The number of piperidine rings is 1. The van der Waals surface area contributed by atoms with E-state index >= 15 is 0 Å². The van der Waals surface area contributed by atoms with Gasteiger partial charge in [-0.05, 0) is 42.7 Å². The van der Waals surface area contributed by atoms with Gasteiger partial charge in [-0.15, -0.1) is 23.1 Å². The molecule has 33 heavy (non-hydrogen) atoms. The predicted molar refractivity (Wildman–Crippen MR) is 124 cm³/mol. The molecule has 2 unspecified atom stereocenters. The van der Waals surface area contributed by atoms with E-state index in [1.807, 2.05) is 12.1 Å². The topological polar surface area (TPSA) is 74.3 Å². The molecule has 0 bridgehead atoms. The number of thioether (sulfide) groups is 1. The average molecular weight is 501 g/mol. The molecule has 2 amide bonds. The van der Waals surface area contributed by atoms with Crippen molar-refractivity contribution in [2.75, 3.05) is 25.4 Å². The average Bonchev–Trinajstić information content (AvgIpc) is 3.46. The SMILES string of the molecule is O=C(NCCCCC1CCN(C(=O)C2CSC(C(F)(F)F)N2)CC1)c1cc2ccncc2s1. The second kappa shape index (κ2) is 10.6. The minimum Gasteiger partial charge on any atom is -0.351 e. The number of halogens is 3. The minimum atomic E-state index is -4.33. The van der Waals surface area contributed by atoms with Gasteiger partial charge in [0, 0.05) is 37.8 Å². The summed E-state index contributed by atoms with van der Waals surface area (Å²) in [7, 11) is 0. The van der Waals surface area contributed by atoms with Crippen LogP contribution in [0.4, 0.5) is 13.2 Å². The first kappa shape index (κ1) is 24.3. The lowest BCUT2D eigenvalue weighted by Gasteiger charge is -2.33. The van der Waals surface area contributed by atoms with Crippen molar-refractivity contribution in [3.63, 3.8) is 0 Å². The zero-order chi connectivity index (χ0) is 23.4. The number of carbonyl (C=O) groups excluding carboxylic acids is 2. The van der Waals surface area contributed by atoms with Gasteiger partial charge in [-0.1, -0.05) is 12.8 Å². The van der Waals surface area contributed by atoms with Gasteiger partial charge in [0.2, 0.25) is 5.91 Å². The minimum absolute atomic E-state index is 0.0607. The van der Waals surface area contributed by atoms with Crippen LogP contribution in [0.5, 0.6) is 0 Å². The number of nitrogens with zero attached hydrogens (tertiary/aromatic N) is 2. The Bertz CT molecular complexity index is 943. The van der Waals surface area contributed by atoms with Crippen LogP contribution in [0.2, 0.25) is 0 Å². The number of fused-ring (bicyclic) bond motifs is 1. The largest absolute Gasteiger partial charge is 0.413 e. The molecule has 2 fully saturated rings. The third-order valence-corrected chi connectivity index (χ3v) is 8.52. The summed E-state index contributed by atoms with van der Waals surface area (Å²) in [5.41, 5.74) is 0. The van der Waals surface area contributed by atoms with Crippen LogP contribution < -0.4 is 10.6 Å². The Morgan fingerprint density at radius 2 is 2.03 bits per heavy atom. The molecule has 2 atom stereocenters. The van der Waals surface area contributed by atoms with Crippen LogP contribution in [0, 0.1) is 5.92 Å². The van der Waals surface area contributed by atoms with Crippen molar-refractivity contribution in [2.24, 2.45) is 5.92 Å². The number of rotatable bonds is 7. The molecule has 2 saturated heterocycles. The molecule has 2 aromatic rings. The maximum Gasteiger partial charge on any atom is 0.413 e. The van der Waals surface area contributed by atoms with E-state index in [0.717, 1.165) is 54.0 Å². The molecule has 0 aromatic carbocycles. The Hall–Kier alpha value is -1.85. The molecule has 2 aromatic heterocycles. The first-order valence-electron chi connectivity index (χ1n) is 11.2. The molecular weight excluding hydrogens is 473 g/mol. The molecule has 4 rings (SSSR count). The second-order valence-electron chi connectivity index (χ2n) is 8.52. The smallest absolute Gasteiger partial charge is 0.351 e. The molecule has 0 radical (unpaired) electrons. The monoisotopic (exact) mass is 500 g/mol. The van der Waals surface area contributed by atoms with E-state index in [4.69, 9.17) is 0 Å². The summed E-state index contributed by atoms with van der Waals surface area (Å²) in [6, 6.07) is 3.03. The van der Waals surface area contributed by atoms with E-state index in [1.54, 1.807) is 17.3 Å². The number of aromatic nitrogens is 1. The zero-order valence-corrected chi connectivity index (χ0v) is 19.7. The lowest BCUT2D eigenvalue weighted by molar-refractivity contribution is -0.141. The van der Waals surface area contributed by atoms with E-state index in [9.17, 15) is 22.8 Å². The van der Waals surface area contributed by atoms with Gasteiger partial charge in [0.1, 0.15) is 0 Å². The van der Waals surface area contributed by atoms with Crippen molar-refractivity contribution in [3.05, 3.63) is 29.4 Å². The van der Waals surface area contributed by atoms with Gasteiger partial charge in [0.15, 0.2) is 5.37 Å². The van der Waals surface area contributed by atoms with Gasteiger partial charge in [-0.2, -0.15) is 13.2 Å². The van der Waals surface area contributed by atoms with E-state index in [1.165, 1.54) is 11.3 Å². The van der Waals surface area contributed by atoms with Gasteiger partial charge in [0.05, 0.1) is 15.6 Å². The van der Waals surface area contributed by atoms with Gasteiger partial charge in [0.25, 0.3) is 5.91 Å². The Morgan fingerprint density at radius 3 is 2.73 bits per heavy atom. The van der Waals surface area contributed by atoms with E-state index in [2.05, 4.69) is 15.6 Å². The normalized spacial score (nSPS) is 22.1. The van der Waals surface area contributed by atoms with Crippen LogP contribution in [0.25, 0.3) is 10.1 Å². The first-order valence-corrected chi connectivity index (χ1v) is 13.0. The summed E-state index contributed by atoms with van der Waals surface area (Å²) in [4.78, 5) is 31.4. The summed E-state index contributed by atoms with van der Waals surface area (Å²) >= 11 is 2.19. The standard InChI is InChI=1S/C22H27F3N4O2S2/c23-22(24,25)21-28-16(13-32-21)20(31)29-9-5-14(6-10-29)3-1-2-7-27-19(30)17-11-15-4-8-26-12-18(15)33-17/h4,8,11-12,14,16,21,28H,1-3,5-7,9-10,13H2,(H,27,30). The summed E-state index contributed by atoms with van der Waals surface area (Å²) < 4.78 is 39.4. The fourth-order valence-corrected chi connectivity index (χ4v) is 6.33. The molecule has 0 saturated carbocycles. The van der Waals surface area contributed by atoms with Gasteiger partial charge in [-0.25, -0.2) is 0 Å². The van der Waals surface area contributed by atoms with Crippen molar-refractivity contribution < 1.29 is 22.8 Å². The van der Waals surface area contributed by atoms with E-state index in [-0.39, 0.29) is 17.6 Å². The Kier molecular flexibility index (Phi) is 7.80. The quantitative estimate of drug-likeness (QED) is 0.562. The van der Waals surface area contributed by atoms with Crippen LogP contribution in [-0.2, 0) is 4.79 Å². The highest BCUT2D eigenvalue weighted by molar-refractivity contribution is 8.00. The van der Waals surface area contributed by atoms with Crippen molar-refractivity contribution in [3.8, 4) is 0 Å². The molecule has 0 aliphatic carbocycles. The fraction of sp³-hybridized carbons (Fsp3) is 0.591. The number of unbranched alkanes of at least 4 members (excludes halogenated alkanes) is 1. The highest BCUT2D eigenvalue weighted by atomic mass is 32.2. The number of amides is 2. The Labute approximate surface area is 198 Å². The molecule has 11 heteroatoms. The second-order valence-corrected chi connectivity index (χ2v) is 10.7. The summed E-state index contributed by atoms with van der Waals surface area (Å²) in [5, 5.41) is 4.77. The number of nitrogens with one attached hydrogen (secondary N) is 2. The van der Waals surface area contributed by atoms with Crippen LogP contribution in [0.1, 0.15) is 41.8 Å². The molecule has 2 N–H and O–H groups in total. The molecule has 2 aliphatic rings. The molecule has 4 heterocycles. The molecule has 0 spiro atoms. The maximum absolute atomic E-state index is 12.8. The maximum atomic E-state index is 12.8. The summed E-state index contributed by atoms with van der Waals surface area (Å²) in [5.74, 6) is 0.392. The lowest BCUT2D eigenvalue weighted by Crippen LogP contribution is -2.50. The van der Waals surface area contributed by atoms with Crippen molar-refractivity contribution >= 4 is 45.0 Å². The van der Waals surface area contributed by atoms with Crippen LogP contribution in [0.3, 0.4) is 0 Å². The van der Waals surface area contributed by atoms with Gasteiger partial charge >= 0.3 is 6.18 Å². The van der Waals surface area contributed by atoms with Crippen LogP contribution >= 0.6 is 23.1 Å². The van der Waals surface area contributed by atoms with E-state index in [0.29, 0.717) is 30.4 Å². The molecule has 6 nitrogen and oxygen atoms in total. The van der Waals surface area contributed by atoms with Crippen LogP contribution in [-0.4, -0.2) is 64.7 Å².